The van der Waals surface area contributed by atoms with E-state index in [0.717, 1.165) is 25.7 Å². The van der Waals surface area contributed by atoms with Crippen LogP contribution < -0.4 is 21.7 Å². The second-order valence-corrected chi connectivity index (χ2v) is 11.6. The molecule has 5 N–H and O–H groups in total. The Morgan fingerprint density at radius 2 is 1.80 bits per heavy atom. The number of nitrogens with one attached hydrogen (secondary N) is 3. The lowest BCUT2D eigenvalue weighted by molar-refractivity contribution is -0.141. The smallest absolute Gasteiger partial charge is 0.345 e. The lowest BCUT2D eigenvalue weighted by Gasteiger charge is -2.28. The molecule has 0 spiro atoms. The van der Waals surface area contributed by atoms with Crippen LogP contribution in [0.2, 0.25) is 0 Å². The van der Waals surface area contributed by atoms with Crippen molar-refractivity contribution in [2.45, 2.75) is 76.2 Å². The van der Waals surface area contributed by atoms with Gasteiger partial charge in [-0.2, -0.15) is 18.3 Å². The third-order valence-corrected chi connectivity index (χ3v) is 8.18. The van der Waals surface area contributed by atoms with Gasteiger partial charge in [-0.05, 0) is 99.5 Å². The molecule has 216 valence electrons. The lowest BCUT2D eigenvalue weighted by Crippen LogP contribution is -2.51. The number of fused-ring (bicyclic) bond motifs is 1. The maximum Gasteiger partial charge on any atom is 0.405 e. The second-order valence-electron chi connectivity index (χ2n) is 11.6. The molecule has 2 aromatic rings. The molecule has 2 atom stereocenters. The minimum atomic E-state index is -4.54. The highest BCUT2D eigenvalue weighted by Crippen LogP contribution is 2.51. The average molecular weight is 561 g/mol. The highest BCUT2D eigenvalue weighted by atomic mass is 19.4. The van der Waals surface area contributed by atoms with Crippen LogP contribution in [-0.2, 0) is 21.5 Å². The Labute approximate surface area is 230 Å². The Kier molecular flexibility index (Phi) is 7.41. The summed E-state index contributed by atoms with van der Waals surface area (Å²) in [6.45, 7) is 2.40. The molecule has 0 aliphatic heterocycles. The van der Waals surface area contributed by atoms with Crippen LogP contribution in [0.1, 0.15) is 73.6 Å². The van der Waals surface area contributed by atoms with Gasteiger partial charge < -0.3 is 21.7 Å². The average Bonchev–Trinajstić information content (AvgIpc) is 3.82. The molecular formula is C28H35F3N6O3. The van der Waals surface area contributed by atoms with E-state index < -0.39 is 30.2 Å². The molecule has 3 amide bonds. The van der Waals surface area contributed by atoms with E-state index in [4.69, 9.17) is 5.73 Å². The van der Waals surface area contributed by atoms with Crippen LogP contribution in [0.3, 0.4) is 0 Å². The predicted octanol–water partition coefficient (Wildman–Crippen LogP) is 3.42. The number of amides is 3. The fraction of sp³-hybridized carbons (Fsp3) is 0.571. The monoisotopic (exact) mass is 560 g/mol. The number of aromatic nitrogens is 2. The predicted molar refractivity (Wildman–Crippen MR) is 141 cm³/mol. The summed E-state index contributed by atoms with van der Waals surface area (Å²) in [5, 5.41) is 12.1. The zero-order valence-electron chi connectivity index (χ0n) is 22.6. The zero-order valence-corrected chi connectivity index (χ0v) is 22.6. The van der Waals surface area contributed by atoms with Crippen molar-refractivity contribution in [1.29, 1.82) is 0 Å². The first-order valence-electron chi connectivity index (χ1n) is 13.8. The molecule has 1 aromatic heterocycles. The Bertz CT molecular complexity index is 1290. The molecule has 12 heteroatoms. The van der Waals surface area contributed by atoms with E-state index in [2.05, 4.69) is 15.7 Å². The highest BCUT2D eigenvalue weighted by molar-refractivity contribution is 6.01. The Balaban J connectivity index is 1.34. The van der Waals surface area contributed by atoms with E-state index in [-0.39, 0.29) is 30.2 Å². The van der Waals surface area contributed by atoms with Gasteiger partial charge in [-0.25, -0.2) is 0 Å². The molecular weight excluding hydrogens is 525 g/mol. The van der Waals surface area contributed by atoms with Crippen LogP contribution >= 0.6 is 0 Å². The molecule has 1 unspecified atom stereocenters. The summed E-state index contributed by atoms with van der Waals surface area (Å²) >= 11 is 0. The summed E-state index contributed by atoms with van der Waals surface area (Å²) in [4.78, 5) is 39.6. The van der Waals surface area contributed by atoms with Crippen LogP contribution in [0, 0.1) is 17.8 Å². The van der Waals surface area contributed by atoms with Crippen LogP contribution in [0.5, 0.6) is 0 Å². The number of aryl methyl sites for hydroxylation is 1. The molecule has 5 rings (SSSR count). The molecule has 2 saturated carbocycles. The van der Waals surface area contributed by atoms with E-state index in [0.29, 0.717) is 40.8 Å². The van der Waals surface area contributed by atoms with Gasteiger partial charge in [0.2, 0.25) is 11.8 Å². The quantitative estimate of drug-likeness (QED) is 0.354. The number of alkyl halides is 3. The third kappa shape index (κ3) is 5.86. The van der Waals surface area contributed by atoms with Crippen molar-refractivity contribution in [3.05, 3.63) is 47.3 Å². The number of hydrogen-bond donors (Lipinski definition) is 4. The number of nitrogens with two attached hydrogens (primary N) is 1. The maximum absolute atomic E-state index is 13.7. The molecule has 3 aliphatic carbocycles. The third-order valence-electron chi connectivity index (χ3n) is 8.18. The Morgan fingerprint density at radius 1 is 1.12 bits per heavy atom. The van der Waals surface area contributed by atoms with Gasteiger partial charge >= 0.3 is 6.18 Å². The van der Waals surface area contributed by atoms with Crippen molar-refractivity contribution in [3.63, 3.8) is 0 Å². The number of carbonyl (C=O) groups is 3. The number of anilines is 1. The van der Waals surface area contributed by atoms with Gasteiger partial charge in [0.05, 0.1) is 0 Å². The fourth-order valence-electron chi connectivity index (χ4n) is 5.92. The maximum atomic E-state index is 13.7. The van der Waals surface area contributed by atoms with E-state index in [1.165, 1.54) is 0 Å². The largest absolute Gasteiger partial charge is 0.405 e. The van der Waals surface area contributed by atoms with Crippen molar-refractivity contribution in [2.24, 2.45) is 23.5 Å². The van der Waals surface area contributed by atoms with E-state index >= 15 is 0 Å². The van der Waals surface area contributed by atoms with Crippen LogP contribution in [0.15, 0.2) is 30.5 Å². The molecule has 2 fully saturated rings. The number of rotatable bonds is 10. The number of hydrogen-bond acceptors (Lipinski definition) is 5. The molecule has 9 nitrogen and oxygen atoms in total. The van der Waals surface area contributed by atoms with Gasteiger partial charge in [0.15, 0.2) is 0 Å². The Hall–Kier alpha value is -3.41. The SMILES string of the molecule is CC(C)n1nccc1C(=O)N[C@H](C(=O)Nc1ccc2c(c1)CCC2(N)C(=O)NCC(F)(F)F)C(C1CC1)C1CC1. The van der Waals surface area contributed by atoms with Gasteiger partial charge in [0.1, 0.15) is 23.8 Å². The molecule has 1 aromatic carbocycles. The van der Waals surface area contributed by atoms with Gasteiger partial charge in [-0.3, -0.25) is 19.1 Å². The van der Waals surface area contributed by atoms with Crippen molar-refractivity contribution < 1.29 is 27.6 Å². The minimum absolute atomic E-state index is 0.0256. The summed E-state index contributed by atoms with van der Waals surface area (Å²) in [5.74, 6) is -0.779. The molecule has 0 radical (unpaired) electrons. The van der Waals surface area contributed by atoms with E-state index in [9.17, 15) is 27.6 Å². The number of benzene rings is 1. The molecule has 0 bridgehead atoms. The number of halogens is 3. The van der Waals surface area contributed by atoms with Gasteiger partial charge in [0.25, 0.3) is 5.91 Å². The van der Waals surface area contributed by atoms with Crippen molar-refractivity contribution in [3.8, 4) is 0 Å². The molecule has 1 heterocycles. The van der Waals surface area contributed by atoms with Crippen LogP contribution in [0.4, 0.5) is 18.9 Å². The standard InChI is InChI=1S/C28H35F3N6O3/c1-15(2)37-21(10-12-34-37)24(38)36-23(22(16-3-4-16)17-5-6-17)25(39)35-19-7-8-20-18(13-19)9-11-27(20,32)26(40)33-14-28(29,30)31/h7-8,10,12-13,15-17,22-23H,3-6,9,11,14,32H2,1-2H3,(H,33,40)(H,35,39)(H,36,38)/t23-,27?/m0/s1. The Morgan fingerprint density at radius 3 is 2.40 bits per heavy atom. The highest BCUT2D eigenvalue weighted by Gasteiger charge is 2.49. The van der Waals surface area contributed by atoms with Crippen molar-refractivity contribution in [2.75, 3.05) is 11.9 Å². The van der Waals surface area contributed by atoms with Crippen molar-refractivity contribution >= 4 is 23.4 Å². The summed E-state index contributed by atoms with van der Waals surface area (Å²) in [6, 6.07) is 5.75. The number of nitrogens with zero attached hydrogens (tertiary/aromatic N) is 2. The molecule has 3 aliphatic rings. The first-order valence-corrected chi connectivity index (χ1v) is 13.8. The summed E-state index contributed by atoms with van der Waals surface area (Å²) in [5.41, 5.74) is 6.68. The van der Waals surface area contributed by atoms with Gasteiger partial charge in [-0.1, -0.05) is 6.07 Å². The van der Waals surface area contributed by atoms with Crippen LogP contribution in [0.25, 0.3) is 0 Å². The topological polar surface area (TPSA) is 131 Å². The van der Waals surface area contributed by atoms with Gasteiger partial charge in [-0.15, -0.1) is 0 Å². The first kappa shape index (κ1) is 28.1. The first-order chi connectivity index (χ1) is 18.9. The minimum Gasteiger partial charge on any atom is -0.345 e. The number of carbonyl (C=O) groups excluding carboxylic acids is 3. The fourth-order valence-corrected chi connectivity index (χ4v) is 5.92. The molecule has 0 saturated heterocycles. The van der Waals surface area contributed by atoms with E-state index in [1.54, 1.807) is 35.1 Å². The summed E-state index contributed by atoms with van der Waals surface area (Å²) in [7, 11) is 0. The van der Waals surface area contributed by atoms with Crippen LogP contribution in [-0.4, -0.2) is 46.3 Å². The summed E-state index contributed by atoms with van der Waals surface area (Å²) < 4.78 is 39.5. The molecule has 40 heavy (non-hydrogen) atoms. The second kappa shape index (κ2) is 10.5. The summed E-state index contributed by atoms with van der Waals surface area (Å²) in [6.07, 6.45) is 1.65. The van der Waals surface area contributed by atoms with Crippen molar-refractivity contribution in [1.82, 2.24) is 20.4 Å². The lowest BCUT2D eigenvalue weighted by atomic mass is 9.88. The zero-order chi connectivity index (χ0) is 28.8. The normalized spacial score (nSPS) is 21.3. The van der Waals surface area contributed by atoms with Gasteiger partial charge in [0, 0.05) is 17.9 Å². The van der Waals surface area contributed by atoms with E-state index in [1.807, 2.05) is 19.2 Å².